The second kappa shape index (κ2) is 5.85. The van der Waals surface area contributed by atoms with E-state index in [0.717, 1.165) is 6.07 Å². The summed E-state index contributed by atoms with van der Waals surface area (Å²) in [4.78, 5) is 16.2. The van der Waals surface area contributed by atoms with Gasteiger partial charge in [-0.15, -0.1) is 0 Å². The van der Waals surface area contributed by atoms with Crippen molar-refractivity contribution in [1.29, 1.82) is 0 Å². The van der Waals surface area contributed by atoms with Gasteiger partial charge in [0, 0.05) is 11.9 Å². The van der Waals surface area contributed by atoms with Gasteiger partial charge < -0.3 is 10.7 Å². The average molecular weight is 295 g/mol. The number of aromatic nitrogens is 1. The Labute approximate surface area is 119 Å². The second-order valence-electron chi connectivity index (χ2n) is 4.09. The number of aryl methyl sites for hydroxylation is 1. The fourth-order valence-electron chi connectivity index (χ4n) is 1.64. The lowest BCUT2D eigenvalue weighted by atomic mass is 10.2. The lowest BCUT2D eigenvalue weighted by Crippen LogP contribution is -2.18. The van der Waals surface area contributed by atoms with Gasteiger partial charge in [-0.3, -0.25) is 15.6 Å². The Balaban J connectivity index is 2.28. The Morgan fingerprint density at radius 2 is 2.10 bits per heavy atom. The molecule has 104 valence electrons. The number of hydrazine groups is 1. The summed E-state index contributed by atoms with van der Waals surface area (Å²) in [6, 6.07) is 5.34. The fourth-order valence-corrected chi connectivity index (χ4v) is 1.86. The van der Waals surface area contributed by atoms with Crippen molar-refractivity contribution in [3.05, 3.63) is 52.6 Å². The number of anilines is 2. The Bertz CT molecular complexity index is 663. The number of benzene rings is 1. The molecule has 4 N–H and O–H groups in total. The minimum Gasteiger partial charge on any atom is -0.323 e. The maximum absolute atomic E-state index is 12.9. The summed E-state index contributed by atoms with van der Waals surface area (Å²) in [5, 5.41) is 2.69. The summed E-state index contributed by atoms with van der Waals surface area (Å²) >= 11 is 5.85. The van der Waals surface area contributed by atoms with E-state index in [1.165, 1.54) is 18.3 Å². The van der Waals surface area contributed by atoms with Crippen LogP contribution in [0.25, 0.3) is 0 Å². The van der Waals surface area contributed by atoms with Crippen LogP contribution < -0.4 is 16.6 Å². The molecule has 0 radical (unpaired) electrons. The summed E-state index contributed by atoms with van der Waals surface area (Å²) < 4.78 is 12.9. The van der Waals surface area contributed by atoms with Crippen molar-refractivity contribution in [2.24, 2.45) is 5.84 Å². The Kier molecular flexibility index (Phi) is 4.16. The van der Waals surface area contributed by atoms with Crippen molar-refractivity contribution in [2.45, 2.75) is 6.92 Å². The first-order valence-corrected chi connectivity index (χ1v) is 6.08. The molecule has 5 nitrogen and oxygen atoms in total. The predicted octanol–water partition coefficient (Wildman–Crippen LogP) is 2.72. The Morgan fingerprint density at radius 3 is 2.75 bits per heavy atom. The lowest BCUT2D eigenvalue weighted by molar-refractivity contribution is 0.102. The molecule has 2 rings (SSSR count). The van der Waals surface area contributed by atoms with E-state index in [1.807, 2.05) is 0 Å². The highest BCUT2D eigenvalue weighted by atomic mass is 35.5. The molecule has 2 aromatic rings. The quantitative estimate of drug-likeness (QED) is 0.600. The molecule has 0 saturated carbocycles. The molecular weight excluding hydrogens is 283 g/mol. The van der Waals surface area contributed by atoms with Crippen LogP contribution in [0.5, 0.6) is 0 Å². The van der Waals surface area contributed by atoms with Gasteiger partial charge in [0.2, 0.25) is 0 Å². The maximum atomic E-state index is 12.9. The van der Waals surface area contributed by atoms with Gasteiger partial charge in [-0.1, -0.05) is 11.6 Å². The highest BCUT2D eigenvalue weighted by Crippen LogP contribution is 2.24. The first kappa shape index (κ1) is 14.2. The highest BCUT2D eigenvalue weighted by molar-refractivity contribution is 6.34. The largest absolute Gasteiger partial charge is 0.323 e. The van der Waals surface area contributed by atoms with Crippen LogP contribution in [0.4, 0.5) is 15.8 Å². The van der Waals surface area contributed by atoms with Crippen molar-refractivity contribution < 1.29 is 9.18 Å². The molecule has 1 amide bonds. The first-order valence-electron chi connectivity index (χ1n) is 5.71. The van der Waals surface area contributed by atoms with E-state index in [1.54, 1.807) is 13.0 Å². The molecule has 0 spiro atoms. The number of halogens is 2. The number of carbonyl (C=O) groups is 1. The highest BCUT2D eigenvalue weighted by Gasteiger charge is 2.13. The third-order valence-corrected chi connectivity index (χ3v) is 2.93. The fraction of sp³-hybridized carbons (Fsp3) is 0.0769. The van der Waals surface area contributed by atoms with Gasteiger partial charge in [0.25, 0.3) is 5.91 Å². The predicted molar refractivity (Wildman–Crippen MR) is 76.1 cm³/mol. The molecule has 0 fully saturated rings. The van der Waals surface area contributed by atoms with Crippen LogP contribution in [0.1, 0.15) is 16.1 Å². The summed E-state index contributed by atoms with van der Waals surface area (Å²) in [5.41, 5.74) is 4.16. The van der Waals surface area contributed by atoms with E-state index in [0.29, 0.717) is 17.1 Å². The number of hydrogen-bond donors (Lipinski definition) is 3. The van der Waals surface area contributed by atoms with Gasteiger partial charge in [0.1, 0.15) is 5.82 Å². The van der Waals surface area contributed by atoms with Crippen molar-refractivity contribution in [3.63, 3.8) is 0 Å². The van der Waals surface area contributed by atoms with Crippen molar-refractivity contribution >= 4 is 28.9 Å². The van der Waals surface area contributed by atoms with Gasteiger partial charge in [-0.2, -0.15) is 0 Å². The molecule has 0 aliphatic heterocycles. The molecule has 0 unspecified atom stereocenters. The van der Waals surface area contributed by atoms with E-state index in [9.17, 15) is 9.18 Å². The van der Waals surface area contributed by atoms with E-state index >= 15 is 0 Å². The molecule has 1 heterocycles. The number of hydrogen-bond acceptors (Lipinski definition) is 4. The number of rotatable bonds is 3. The first-order chi connectivity index (χ1) is 9.51. The normalized spacial score (nSPS) is 10.2. The summed E-state index contributed by atoms with van der Waals surface area (Å²) in [6.45, 7) is 1.78. The topological polar surface area (TPSA) is 80.0 Å². The summed E-state index contributed by atoms with van der Waals surface area (Å²) in [7, 11) is 0. The van der Waals surface area contributed by atoms with Gasteiger partial charge in [-0.05, 0) is 31.2 Å². The standard InChI is InChI=1S/C13H12ClFN4O/c1-7-4-12(19-16)9(6-17-7)13(20)18-11-3-2-8(15)5-10(11)14/h2-6H,16H2,1H3,(H,17,19)(H,18,20). The molecule has 20 heavy (non-hydrogen) atoms. The molecule has 0 bridgehead atoms. The Hall–Kier alpha value is -2.18. The minimum atomic E-state index is -0.477. The van der Waals surface area contributed by atoms with Crippen LogP contribution in [0.3, 0.4) is 0 Å². The van der Waals surface area contributed by atoms with Crippen LogP contribution in [0.2, 0.25) is 5.02 Å². The SMILES string of the molecule is Cc1cc(NN)c(C(=O)Nc2ccc(F)cc2Cl)cn1. The molecule has 1 aromatic heterocycles. The Morgan fingerprint density at radius 1 is 1.35 bits per heavy atom. The molecule has 0 atom stereocenters. The van der Waals surface area contributed by atoms with Gasteiger partial charge >= 0.3 is 0 Å². The zero-order valence-electron chi connectivity index (χ0n) is 10.6. The number of nitrogens with one attached hydrogen (secondary N) is 2. The molecule has 1 aromatic carbocycles. The molecular formula is C13H12ClFN4O. The van der Waals surface area contributed by atoms with E-state index in [2.05, 4.69) is 15.7 Å². The zero-order valence-corrected chi connectivity index (χ0v) is 11.3. The number of nitrogens with zero attached hydrogens (tertiary/aromatic N) is 1. The van der Waals surface area contributed by atoms with Crippen LogP contribution in [0, 0.1) is 12.7 Å². The number of nitrogen functional groups attached to an aromatic ring is 1. The molecule has 0 aliphatic carbocycles. The van der Waals surface area contributed by atoms with Crippen molar-refractivity contribution in [1.82, 2.24) is 4.98 Å². The third kappa shape index (κ3) is 3.04. The number of carbonyl (C=O) groups excluding carboxylic acids is 1. The van der Waals surface area contributed by atoms with Gasteiger partial charge in [-0.25, -0.2) is 4.39 Å². The number of pyridine rings is 1. The molecule has 7 heteroatoms. The van der Waals surface area contributed by atoms with Crippen LogP contribution in [-0.4, -0.2) is 10.9 Å². The molecule has 0 saturated heterocycles. The van der Waals surface area contributed by atoms with Gasteiger partial charge in [0.15, 0.2) is 0 Å². The van der Waals surface area contributed by atoms with E-state index < -0.39 is 11.7 Å². The summed E-state index contributed by atoms with van der Waals surface area (Å²) in [5.74, 6) is 4.44. The second-order valence-corrected chi connectivity index (χ2v) is 4.50. The average Bonchev–Trinajstić information content (AvgIpc) is 2.41. The van der Waals surface area contributed by atoms with Crippen LogP contribution in [0.15, 0.2) is 30.5 Å². The monoisotopic (exact) mass is 294 g/mol. The van der Waals surface area contributed by atoms with E-state index in [4.69, 9.17) is 17.4 Å². The number of nitrogens with two attached hydrogens (primary N) is 1. The molecule has 0 aliphatic rings. The van der Waals surface area contributed by atoms with E-state index in [-0.39, 0.29) is 10.6 Å². The van der Waals surface area contributed by atoms with Crippen molar-refractivity contribution in [2.75, 3.05) is 10.7 Å². The van der Waals surface area contributed by atoms with Crippen LogP contribution >= 0.6 is 11.6 Å². The third-order valence-electron chi connectivity index (χ3n) is 2.62. The smallest absolute Gasteiger partial charge is 0.259 e. The summed E-state index contributed by atoms with van der Waals surface area (Å²) in [6.07, 6.45) is 1.40. The number of amides is 1. The van der Waals surface area contributed by atoms with Crippen molar-refractivity contribution in [3.8, 4) is 0 Å². The lowest BCUT2D eigenvalue weighted by Gasteiger charge is -2.11. The maximum Gasteiger partial charge on any atom is 0.259 e. The minimum absolute atomic E-state index is 0.112. The zero-order chi connectivity index (χ0) is 14.7. The van der Waals surface area contributed by atoms with Gasteiger partial charge in [0.05, 0.1) is 22.0 Å². The van der Waals surface area contributed by atoms with Crippen LogP contribution in [-0.2, 0) is 0 Å².